The largest absolute Gasteiger partial charge is 0.486 e. The summed E-state index contributed by atoms with van der Waals surface area (Å²) in [6.07, 6.45) is 1.21. The van der Waals surface area contributed by atoms with E-state index in [9.17, 15) is 13.2 Å². The number of hydrogen-bond donors (Lipinski definition) is 1. The molecule has 1 heterocycles. The van der Waals surface area contributed by atoms with Crippen molar-refractivity contribution in [2.75, 3.05) is 11.6 Å². The summed E-state index contributed by atoms with van der Waals surface area (Å²) in [6.45, 7) is 2.10. The third kappa shape index (κ3) is 6.03. The van der Waals surface area contributed by atoms with E-state index >= 15 is 0 Å². The van der Waals surface area contributed by atoms with Gasteiger partial charge in [-0.15, -0.1) is 11.3 Å². The van der Waals surface area contributed by atoms with E-state index in [-0.39, 0.29) is 17.2 Å². The van der Waals surface area contributed by atoms with E-state index in [0.717, 1.165) is 16.8 Å². The van der Waals surface area contributed by atoms with Gasteiger partial charge < -0.3 is 10.1 Å². The molecule has 3 aromatic rings. The zero-order chi connectivity index (χ0) is 21.0. The predicted molar refractivity (Wildman–Crippen MR) is 115 cm³/mol. The van der Waals surface area contributed by atoms with E-state index < -0.39 is 9.84 Å². The highest BCUT2D eigenvalue weighted by Gasteiger charge is 2.13. The van der Waals surface area contributed by atoms with Gasteiger partial charge in [-0.3, -0.25) is 4.79 Å². The summed E-state index contributed by atoms with van der Waals surface area (Å²) in [6, 6.07) is 11.7. The lowest BCUT2D eigenvalue weighted by molar-refractivity contribution is -0.115. The van der Waals surface area contributed by atoms with Gasteiger partial charge in [0.2, 0.25) is 5.91 Å². The van der Waals surface area contributed by atoms with Crippen molar-refractivity contribution in [1.82, 2.24) is 4.98 Å². The molecule has 0 saturated heterocycles. The van der Waals surface area contributed by atoms with Crippen molar-refractivity contribution < 1.29 is 17.9 Å². The Morgan fingerprint density at radius 1 is 1.21 bits per heavy atom. The summed E-state index contributed by atoms with van der Waals surface area (Å²) in [4.78, 5) is 17.0. The number of rotatable bonds is 7. The monoisotopic (exact) mass is 450 g/mol. The number of hydrogen-bond acceptors (Lipinski definition) is 6. The first-order valence-electron chi connectivity index (χ1n) is 8.63. The number of thiazole rings is 1. The van der Waals surface area contributed by atoms with Gasteiger partial charge in [-0.05, 0) is 48.9 Å². The molecule has 0 saturated carbocycles. The molecule has 0 unspecified atom stereocenters. The van der Waals surface area contributed by atoms with Gasteiger partial charge in [-0.1, -0.05) is 17.7 Å². The maximum atomic E-state index is 12.4. The number of benzene rings is 2. The number of aromatic nitrogens is 1. The molecule has 152 valence electrons. The van der Waals surface area contributed by atoms with Crippen LogP contribution in [0.5, 0.6) is 5.75 Å². The number of carbonyl (C=O) groups excluding carboxylic acids is 1. The fourth-order valence-electron chi connectivity index (χ4n) is 2.50. The van der Waals surface area contributed by atoms with Crippen LogP contribution < -0.4 is 10.1 Å². The van der Waals surface area contributed by atoms with E-state index in [0.29, 0.717) is 28.8 Å². The third-order valence-electron chi connectivity index (χ3n) is 4.03. The van der Waals surface area contributed by atoms with Crippen LogP contribution in [-0.2, 0) is 27.7 Å². The molecule has 2 aromatic carbocycles. The standard InChI is InChI=1S/C20H19ClN2O4S2/c1-13-3-8-17(29(2,25)26)10-18(13)23-19(24)9-15-12-28-20(22-15)11-27-16-6-4-14(21)5-7-16/h3-8,10,12H,9,11H2,1-2H3,(H,23,24). The summed E-state index contributed by atoms with van der Waals surface area (Å²) in [5.74, 6) is 0.416. The summed E-state index contributed by atoms with van der Waals surface area (Å²) < 4.78 is 29.1. The van der Waals surface area contributed by atoms with Crippen LogP contribution in [0.1, 0.15) is 16.3 Å². The van der Waals surface area contributed by atoms with E-state index in [2.05, 4.69) is 10.3 Å². The topological polar surface area (TPSA) is 85.4 Å². The van der Waals surface area contributed by atoms with Crippen molar-refractivity contribution in [1.29, 1.82) is 0 Å². The second-order valence-electron chi connectivity index (χ2n) is 6.45. The quantitative estimate of drug-likeness (QED) is 0.581. The maximum Gasteiger partial charge on any atom is 0.230 e. The zero-order valence-electron chi connectivity index (χ0n) is 15.8. The lowest BCUT2D eigenvalue weighted by Crippen LogP contribution is -2.16. The number of halogens is 1. The first-order chi connectivity index (χ1) is 13.7. The van der Waals surface area contributed by atoms with Gasteiger partial charge in [0.1, 0.15) is 17.4 Å². The molecule has 1 aromatic heterocycles. The number of ether oxygens (including phenoxy) is 1. The Morgan fingerprint density at radius 3 is 2.62 bits per heavy atom. The molecule has 0 aliphatic rings. The maximum absolute atomic E-state index is 12.4. The molecule has 6 nitrogen and oxygen atoms in total. The van der Waals surface area contributed by atoms with Crippen molar-refractivity contribution in [3.63, 3.8) is 0 Å². The Bertz CT molecular complexity index is 1130. The lowest BCUT2D eigenvalue weighted by Gasteiger charge is -2.09. The van der Waals surface area contributed by atoms with Crippen LogP contribution in [0.25, 0.3) is 0 Å². The molecule has 0 aliphatic heterocycles. The van der Waals surface area contributed by atoms with Crippen LogP contribution in [-0.4, -0.2) is 25.6 Å². The Morgan fingerprint density at radius 2 is 1.93 bits per heavy atom. The Kier molecular flexibility index (Phi) is 6.56. The van der Waals surface area contributed by atoms with Gasteiger partial charge >= 0.3 is 0 Å². The second-order valence-corrected chi connectivity index (χ2v) is 9.84. The molecule has 1 N–H and O–H groups in total. The molecule has 0 aliphatic carbocycles. The molecule has 0 radical (unpaired) electrons. The Labute approximate surface area is 178 Å². The van der Waals surface area contributed by atoms with Crippen LogP contribution in [0.4, 0.5) is 5.69 Å². The second kappa shape index (κ2) is 8.94. The molecule has 0 atom stereocenters. The fraction of sp³-hybridized carbons (Fsp3) is 0.200. The normalized spacial score (nSPS) is 11.3. The number of nitrogens with zero attached hydrogens (tertiary/aromatic N) is 1. The highest BCUT2D eigenvalue weighted by Crippen LogP contribution is 2.21. The van der Waals surface area contributed by atoms with Crippen molar-refractivity contribution in [3.05, 3.63) is 69.1 Å². The van der Waals surface area contributed by atoms with Gasteiger partial charge in [0.15, 0.2) is 9.84 Å². The van der Waals surface area contributed by atoms with E-state index in [1.165, 1.54) is 23.5 Å². The number of sulfone groups is 1. The predicted octanol–water partition coefficient (Wildman–Crippen LogP) is 4.27. The molecule has 0 bridgehead atoms. The van der Waals surface area contributed by atoms with E-state index in [1.54, 1.807) is 42.6 Å². The lowest BCUT2D eigenvalue weighted by atomic mass is 10.2. The van der Waals surface area contributed by atoms with Gasteiger partial charge in [-0.25, -0.2) is 13.4 Å². The Hall–Kier alpha value is -2.42. The van der Waals surface area contributed by atoms with Gasteiger partial charge in [0.25, 0.3) is 0 Å². The molecule has 9 heteroatoms. The summed E-state index contributed by atoms with van der Waals surface area (Å²) in [5, 5.41) is 5.95. The third-order valence-corrected chi connectivity index (χ3v) is 6.26. The summed E-state index contributed by atoms with van der Waals surface area (Å²) in [5.41, 5.74) is 1.87. The molecular formula is C20H19ClN2O4S2. The molecular weight excluding hydrogens is 432 g/mol. The number of aryl methyl sites for hydroxylation is 1. The zero-order valence-corrected chi connectivity index (χ0v) is 18.2. The average molecular weight is 451 g/mol. The highest BCUT2D eigenvalue weighted by atomic mass is 35.5. The number of carbonyl (C=O) groups is 1. The first-order valence-corrected chi connectivity index (χ1v) is 11.8. The number of nitrogens with one attached hydrogen (secondary N) is 1. The number of amides is 1. The van der Waals surface area contributed by atoms with Crippen LogP contribution >= 0.6 is 22.9 Å². The van der Waals surface area contributed by atoms with Crippen LogP contribution in [0.2, 0.25) is 5.02 Å². The smallest absolute Gasteiger partial charge is 0.230 e. The highest BCUT2D eigenvalue weighted by molar-refractivity contribution is 7.90. The molecule has 29 heavy (non-hydrogen) atoms. The van der Waals surface area contributed by atoms with E-state index in [1.807, 2.05) is 0 Å². The molecule has 0 fully saturated rings. The van der Waals surface area contributed by atoms with Crippen molar-refractivity contribution in [3.8, 4) is 5.75 Å². The summed E-state index contributed by atoms with van der Waals surface area (Å²) in [7, 11) is -3.35. The van der Waals surface area contributed by atoms with Crippen molar-refractivity contribution >= 4 is 44.4 Å². The molecule has 1 amide bonds. The minimum absolute atomic E-state index is 0.0833. The van der Waals surface area contributed by atoms with Crippen LogP contribution in [0.3, 0.4) is 0 Å². The van der Waals surface area contributed by atoms with Crippen LogP contribution in [0.15, 0.2) is 52.7 Å². The SMILES string of the molecule is Cc1ccc(S(C)(=O)=O)cc1NC(=O)Cc1csc(COc2ccc(Cl)cc2)n1. The van der Waals surface area contributed by atoms with Crippen molar-refractivity contribution in [2.24, 2.45) is 0 Å². The minimum atomic E-state index is -3.35. The number of anilines is 1. The summed E-state index contributed by atoms with van der Waals surface area (Å²) >= 11 is 7.25. The van der Waals surface area contributed by atoms with E-state index in [4.69, 9.17) is 16.3 Å². The van der Waals surface area contributed by atoms with Gasteiger partial charge in [0.05, 0.1) is 17.0 Å². The molecule has 3 rings (SSSR count). The molecule has 0 spiro atoms. The fourth-order valence-corrected chi connectivity index (χ4v) is 3.98. The first kappa shape index (κ1) is 21.3. The van der Waals surface area contributed by atoms with Gasteiger partial charge in [-0.2, -0.15) is 0 Å². The van der Waals surface area contributed by atoms with Gasteiger partial charge in [0, 0.05) is 22.3 Å². The minimum Gasteiger partial charge on any atom is -0.486 e. The van der Waals surface area contributed by atoms with Crippen molar-refractivity contribution in [2.45, 2.75) is 24.8 Å². The Balaban J connectivity index is 1.60. The van der Waals surface area contributed by atoms with Crippen LogP contribution in [0, 0.1) is 6.92 Å². The average Bonchev–Trinajstić information content (AvgIpc) is 3.09.